The highest BCUT2D eigenvalue weighted by Crippen LogP contribution is 2.35. The number of rotatable bonds is 4. The van der Waals surface area contributed by atoms with E-state index >= 15 is 0 Å². The molecule has 33 heavy (non-hydrogen) atoms. The first-order valence-electron chi connectivity index (χ1n) is 10.9. The lowest BCUT2D eigenvalue weighted by Gasteiger charge is -2.15. The third-order valence-electron chi connectivity index (χ3n) is 6.39. The smallest absolute Gasteiger partial charge is 0.249 e. The summed E-state index contributed by atoms with van der Waals surface area (Å²) in [5, 5.41) is 2.46. The van der Waals surface area contributed by atoms with Gasteiger partial charge in [0.05, 0.1) is 11.0 Å². The average Bonchev–Trinajstić information content (AvgIpc) is 3.09. The molecular formula is C29H24ClN2O. The molecule has 5 aromatic rings. The maximum Gasteiger partial charge on any atom is 0.249 e. The molecule has 1 amide bonds. The zero-order valence-electron chi connectivity index (χ0n) is 18.9. The van der Waals surface area contributed by atoms with Gasteiger partial charge >= 0.3 is 0 Å². The van der Waals surface area contributed by atoms with Crippen molar-refractivity contribution in [2.45, 2.75) is 27.3 Å². The third kappa shape index (κ3) is 3.69. The monoisotopic (exact) mass is 451 g/mol. The van der Waals surface area contributed by atoms with Crippen molar-refractivity contribution >= 4 is 39.3 Å². The van der Waals surface area contributed by atoms with Crippen LogP contribution in [0.1, 0.15) is 32.6 Å². The summed E-state index contributed by atoms with van der Waals surface area (Å²) >= 11 is 6.10. The van der Waals surface area contributed by atoms with E-state index in [9.17, 15) is 4.79 Å². The van der Waals surface area contributed by atoms with Gasteiger partial charge in [-0.1, -0.05) is 47.5 Å². The van der Waals surface area contributed by atoms with E-state index in [-0.39, 0.29) is 0 Å². The largest absolute Gasteiger partial charge is 0.366 e. The Morgan fingerprint density at radius 2 is 1.64 bits per heavy atom. The van der Waals surface area contributed by atoms with Gasteiger partial charge in [0.1, 0.15) is 0 Å². The Kier molecular flexibility index (Phi) is 5.22. The minimum atomic E-state index is -0.433. The second-order valence-electron chi connectivity index (χ2n) is 8.68. The van der Waals surface area contributed by atoms with Crippen molar-refractivity contribution in [2.75, 3.05) is 0 Å². The number of hydrogen-bond acceptors (Lipinski definition) is 1. The number of carbonyl (C=O) groups excluding carboxylic acids is 1. The zero-order chi connectivity index (χ0) is 23.3. The van der Waals surface area contributed by atoms with Crippen molar-refractivity contribution in [1.29, 1.82) is 0 Å². The van der Waals surface area contributed by atoms with Crippen LogP contribution in [0.3, 0.4) is 0 Å². The van der Waals surface area contributed by atoms with Gasteiger partial charge < -0.3 is 10.3 Å². The van der Waals surface area contributed by atoms with Crippen LogP contribution >= 0.6 is 11.6 Å². The molecule has 1 aromatic heterocycles. The molecule has 1 heterocycles. The number of amides is 1. The first-order chi connectivity index (χ1) is 15.8. The average molecular weight is 452 g/mol. The molecule has 0 saturated carbocycles. The van der Waals surface area contributed by atoms with Gasteiger partial charge in [0.2, 0.25) is 5.91 Å². The molecule has 0 unspecified atom stereocenters. The molecule has 0 spiro atoms. The second-order valence-corrected chi connectivity index (χ2v) is 9.12. The molecule has 0 aliphatic carbocycles. The summed E-state index contributed by atoms with van der Waals surface area (Å²) in [6, 6.07) is 25.6. The van der Waals surface area contributed by atoms with Crippen LogP contribution in [-0.4, -0.2) is 10.5 Å². The van der Waals surface area contributed by atoms with Crippen LogP contribution in [0.2, 0.25) is 5.02 Å². The SMILES string of the molecule is Cc1cc(C)c(Cn2c3cc(-c4ccc(Cl)cc4)c[c]c3c3c(C(N)=O)cccc32)c(C)c1. The van der Waals surface area contributed by atoms with Gasteiger partial charge in [0, 0.05) is 27.9 Å². The van der Waals surface area contributed by atoms with Gasteiger partial charge in [-0.25, -0.2) is 0 Å². The number of carbonyl (C=O) groups is 1. The Hall–Kier alpha value is -3.56. The number of primary amides is 1. The molecule has 0 bridgehead atoms. The molecule has 0 fully saturated rings. The van der Waals surface area contributed by atoms with E-state index in [1.54, 1.807) is 6.07 Å². The summed E-state index contributed by atoms with van der Waals surface area (Å²) in [6.45, 7) is 7.13. The predicted molar refractivity (Wildman–Crippen MR) is 137 cm³/mol. The lowest BCUT2D eigenvalue weighted by molar-refractivity contribution is 0.100. The minimum Gasteiger partial charge on any atom is -0.366 e. The lowest BCUT2D eigenvalue weighted by Crippen LogP contribution is -2.11. The molecule has 5 rings (SSSR count). The molecular weight excluding hydrogens is 428 g/mol. The van der Waals surface area contributed by atoms with Crippen LogP contribution in [0.4, 0.5) is 0 Å². The maximum absolute atomic E-state index is 12.3. The summed E-state index contributed by atoms with van der Waals surface area (Å²) < 4.78 is 2.28. The number of nitrogens with zero attached hydrogens (tertiary/aromatic N) is 1. The van der Waals surface area contributed by atoms with Crippen LogP contribution in [-0.2, 0) is 6.54 Å². The van der Waals surface area contributed by atoms with Gasteiger partial charge in [-0.15, -0.1) is 0 Å². The molecule has 2 N–H and O–H groups in total. The minimum absolute atomic E-state index is 0.433. The highest BCUT2D eigenvalue weighted by molar-refractivity contribution is 6.30. The molecule has 1 radical (unpaired) electrons. The van der Waals surface area contributed by atoms with E-state index < -0.39 is 5.91 Å². The molecule has 0 aliphatic heterocycles. The standard InChI is InChI=1S/C29H24ClN2O/c1-17-13-18(2)25(19(3)14-17)16-32-26-6-4-5-24(29(31)33)28(26)23-12-9-21(15-27(23)32)20-7-10-22(30)11-8-20/h4-11,13-15H,16H2,1-3H3,(H2,31,33). The van der Waals surface area contributed by atoms with Gasteiger partial charge in [0.25, 0.3) is 0 Å². The molecule has 0 aliphatic rings. The Balaban J connectivity index is 1.81. The van der Waals surface area contributed by atoms with Gasteiger partial charge in [-0.2, -0.15) is 0 Å². The maximum atomic E-state index is 12.3. The number of fused-ring (bicyclic) bond motifs is 3. The third-order valence-corrected chi connectivity index (χ3v) is 6.65. The summed E-state index contributed by atoms with van der Waals surface area (Å²) in [4.78, 5) is 12.3. The first kappa shape index (κ1) is 21.3. The van der Waals surface area contributed by atoms with Crippen molar-refractivity contribution in [3.05, 3.63) is 106 Å². The normalized spacial score (nSPS) is 11.4. The van der Waals surface area contributed by atoms with Crippen LogP contribution in [0.15, 0.2) is 66.7 Å². The lowest BCUT2D eigenvalue weighted by atomic mass is 9.99. The molecule has 0 atom stereocenters. The van der Waals surface area contributed by atoms with Crippen molar-refractivity contribution in [3.8, 4) is 11.1 Å². The summed E-state index contributed by atoms with van der Waals surface area (Å²) in [6.07, 6.45) is 0. The van der Waals surface area contributed by atoms with Crippen LogP contribution in [0.25, 0.3) is 32.9 Å². The van der Waals surface area contributed by atoms with Crippen molar-refractivity contribution < 1.29 is 4.79 Å². The fourth-order valence-electron chi connectivity index (χ4n) is 4.86. The quantitative estimate of drug-likeness (QED) is 0.314. The number of hydrogen-bond donors (Lipinski definition) is 1. The first-order valence-corrected chi connectivity index (χ1v) is 11.3. The Bertz CT molecular complexity index is 1520. The molecule has 4 heteroatoms. The van der Waals surface area contributed by atoms with Crippen molar-refractivity contribution in [2.24, 2.45) is 5.73 Å². The van der Waals surface area contributed by atoms with Crippen molar-refractivity contribution in [3.63, 3.8) is 0 Å². The number of halogens is 1. The fourth-order valence-corrected chi connectivity index (χ4v) is 4.98. The second kappa shape index (κ2) is 8.09. The highest BCUT2D eigenvalue weighted by atomic mass is 35.5. The van der Waals surface area contributed by atoms with E-state index in [0.29, 0.717) is 17.1 Å². The van der Waals surface area contributed by atoms with Crippen LogP contribution in [0.5, 0.6) is 0 Å². The predicted octanol–water partition coefficient (Wildman–Crippen LogP) is 6.99. The Morgan fingerprint density at radius 1 is 0.939 bits per heavy atom. The van der Waals surface area contributed by atoms with Crippen molar-refractivity contribution in [1.82, 2.24) is 4.57 Å². The van der Waals surface area contributed by atoms with Gasteiger partial charge in [-0.05, 0) is 91.1 Å². The number of aryl methyl sites for hydroxylation is 3. The van der Waals surface area contributed by atoms with Crippen LogP contribution < -0.4 is 5.73 Å². The van der Waals surface area contributed by atoms with Gasteiger partial charge in [-0.3, -0.25) is 4.79 Å². The number of aromatic nitrogens is 1. The molecule has 3 nitrogen and oxygen atoms in total. The van der Waals surface area contributed by atoms with E-state index in [0.717, 1.165) is 32.9 Å². The molecule has 4 aromatic carbocycles. The topological polar surface area (TPSA) is 48.0 Å². The zero-order valence-corrected chi connectivity index (χ0v) is 19.6. The number of nitrogens with two attached hydrogens (primary N) is 1. The summed E-state index contributed by atoms with van der Waals surface area (Å²) in [7, 11) is 0. The fraction of sp³-hybridized carbons (Fsp3) is 0.138. The van der Waals surface area contributed by atoms with E-state index in [1.165, 1.54) is 22.3 Å². The molecule has 163 valence electrons. The van der Waals surface area contributed by atoms with Gasteiger partial charge in [0.15, 0.2) is 0 Å². The van der Waals surface area contributed by atoms with E-state index in [1.807, 2.05) is 36.4 Å². The highest BCUT2D eigenvalue weighted by Gasteiger charge is 2.18. The van der Waals surface area contributed by atoms with E-state index in [2.05, 4.69) is 55.7 Å². The van der Waals surface area contributed by atoms with E-state index in [4.69, 9.17) is 17.3 Å². The summed E-state index contributed by atoms with van der Waals surface area (Å²) in [5.74, 6) is -0.433. The summed E-state index contributed by atoms with van der Waals surface area (Å²) in [5.41, 5.74) is 15.4. The number of benzene rings is 4. The van der Waals surface area contributed by atoms with Crippen LogP contribution in [0, 0.1) is 26.8 Å². The Labute approximate surface area is 198 Å². The molecule has 0 saturated heterocycles. The Morgan fingerprint density at radius 3 is 2.30 bits per heavy atom.